The number of likely N-dealkylation sites (tertiary alicyclic amines) is 1. The Balaban J connectivity index is 2.57. The van der Waals surface area contributed by atoms with Crippen LogP contribution in [0.15, 0.2) is 0 Å². The third-order valence-electron chi connectivity index (χ3n) is 2.33. The highest BCUT2D eigenvalue weighted by molar-refractivity contribution is 8.01. The van der Waals surface area contributed by atoms with Crippen molar-refractivity contribution in [3.63, 3.8) is 0 Å². The van der Waals surface area contributed by atoms with Crippen molar-refractivity contribution in [2.45, 2.75) is 44.1 Å². The zero-order chi connectivity index (χ0) is 12.3. The highest BCUT2D eigenvalue weighted by atomic mass is 32.2. The molecule has 1 heterocycles. The standard InChI is InChI=1S/C11H17NO3S/c1-7(2)16-9-6-10(14)12(11(9)15)5-4-8(3)13/h7,9H,4-6H2,1-3H3. The van der Waals surface area contributed by atoms with Gasteiger partial charge in [-0.1, -0.05) is 13.8 Å². The number of Topliss-reactive ketones (excluding diaryl/α,β-unsaturated/α-hetero) is 1. The second-order valence-electron chi connectivity index (χ2n) is 4.21. The van der Waals surface area contributed by atoms with Crippen molar-refractivity contribution in [2.75, 3.05) is 6.54 Å². The van der Waals surface area contributed by atoms with Gasteiger partial charge in [-0.25, -0.2) is 0 Å². The van der Waals surface area contributed by atoms with E-state index in [9.17, 15) is 14.4 Å². The maximum Gasteiger partial charge on any atom is 0.242 e. The van der Waals surface area contributed by atoms with Gasteiger partial charge in [-0.2, -0.15) is 0 Å². The van der Waals surface area contributed by atoms with E-state index < -0.39 is 0 Å². The molecule has 0 aromatic rings. The maximum atomic E-state index is 11.8. The maximum absolute atomic E-state index is 11.8. The molecule has 4 nitrogen and oxygen atoms in total. The molecule has 0 spiro atoms. The molecule has 1 atom stereocenters. The van der Waals surface area contributed by atoms with Crippen LogP contribution in [-0.4, -0.2) is 39.5 Å². The summed E-state index contributed by atoms with van der Waals surface area (Å²) in [6.45, 7) is 5.70. The number of thioether (sulfide) groups is 1. The van der Waals surface area contributed by atoms with Crippen LogP contribution in [0.1, 0.15) is 33.6 Å². The number of nitrogens with zero attached hydrogens (tertiary/aromatic N) is 1. The lowest BCUT2D eigenvalue weighted by Crippen LogP contribution is -2.33. The van der Waals surface area contributed by atoms with Crippen LogP contribution < -0.4 is 0 Å². The lowest BCUT2D eigenvalue weighted by atomic mass is 10.3. The molecule has 16 heavy (non-hydrogen) atoms. The van der Waals surface area contributed by atoms with Gasteiger partial charge in [-0.05, 0) is 12.2 Å². The van der Waals surface area contributed by atoms with Crippen molar-refractivity contribution in [3.05, 3.63) is 0 Å². The Kier molecular flexibility index (Phi) is 4.53. The van der Waals surface area contributed by atoms with Crippen molar-refractivity contribution in [1.29, 1.82) is 0 Å². The third kappa shape index (κ3) is 3.33. The van der Waals surface area contributed by atoms with Gasteiger partial charge >= 0.3 is 0 Å². The molecule has 90 valence electrons. The van der Waals surface area contributed by atoms with E-state index in [2.05, 4.69) is 0 Å². The van der Waals surface area contributed by atoms with Crippen molar-refractivity contribution >= 4 is 29.4 Å². The number of imide groups is 1. The van der Waals surface area contributed by atoms with Crippen LogP contribution in [0.5, 0.6) is 0 Å². The molecular formula is C11H17NO3S. The smallest absolute Gasteiger partial charge is 0.242 e. The average Bonchev–Trinajstić information content (AvgIpc) is 2.39. The molecule has 0 bridgehead atoms. The third-order valence-corrected chi connectivity index (χ3v) is 3.57. The summed E-state index contributed by atoms with van der Waals surface area (Å²) >= 11 is 1.51. The molecule has 0 aromatic carbocycles. The largest absolute Gasteiger partial charge is 0.300 e. The summed E-state index contributed by atoms with van der Waals surface area (Å²) < 4.78 is 0. The summed E-state index contributed by atoms with van der Waals surface area (Å²) in [6, 6.07) is 0. The van der Waals surface area contributed by atoms with Crippen LogP contribution in [-0.2, 0) is 14.4 Å². The van der Waals surface area contributed by atoms with Gasteiger partial charge in [0.2, 0.25) is 11.8 Å². The first-order valence-electron chi connectivity index (χ1n) is 5.41. The van der Waals surface area contributed by atoms with E-state index in [1.807, 2.05) is 13.8 Å². The Morgan fingerprint density at radius 3 is 2.62 bits per heavy atom. The van der Waals surface area contributed by atoms with Gasteiger partial charge in [0.1, 0.15) is 5.78 Å². The predicted molar refractivity (Wildman–Crippen MR) is 63.2 cm³/mol. The van der Waals surface area contributed by atoms with E-state index in [1.165, 1.54) is 23.6 Å². The summed E-state index contributed by atoms with van der Waals surface area (Å²) in [5.41, 5.74) is 0. The average molecular weight is 243 g/mol. The van der Waals surface area contributed by atoms with Crippen LogP contribution in [0.2, 0.25) is 0 Å². The highest BCUT2D eigenvalue weighted by Crippen LogP contribution is 2.28. The summed E-state index contributed by atoms with van der Waals surface area (Å²) in [6.07, 6.45) is 0.538. The highest BCUT2D eigenvalue weighted by Gasteiger charge is 2.38. The molecule has 0 aliphatic carbocycles. The monoisotopic (exact) mass is 243 g/mol. The molecular weight excluding hydrogens is 226 g/mol. The summed E-state index contributed by atoms with van der Waals surface area (Å²) in [5.74, 6) is -0.282. The van der Waals surface area contributed by atoms with Crippen LogP contribution in [0.4, 0.5) is 0 Å². The van der Waals surface area contributed by atoms with Crippen LogP contribution in [0.25, 0.3) is 0 Å². The van der Waals surface area contributed by atoms with E-state index in [4.69, 9.17) is 0 Å². The molecule has 1 aliphatic rings. The van der Waals surface area contributed by atoms with E-state index in [1.54, 1.807) is 0 Å². The minimum atomic E-state index is -0.251. The van der Waals surface area contributed by atoms with Gasteiger partial charge in [0.25, 0.3) is 0 Å². The number of hydrogen-bond donors (Lipinski definition) is 0. The number of rotatable bonds is 5. The zero-order valence-electron chi connectivity index (χ0n) is 9.86. The molecule has 1 aliphatic heterocycles. The lowest BCUT2D eigenvalue weighted by molar-refractivity contribution is -0.138. The van der Waals surface area contributed by atoms with Gasteiger partial charge in [0, 0.05) is 19.4 Å². The fraction of sp³-hybridized carbons (Fsp3) is 0.727. The number of hydrogen-bond acceptors (Lipinski definition) is 4. The van der Waals surface area contributed by atoms with Crippen molar-refractivity contribution in [3.8, 4) is 0 Å². The molecule has 0 radical (unpaired) electrons. The predicted octanol–water partition coefficient (Wildman–Crippen LogP) is 1.23. The summed E-state index contributed by atoms with van der Waals surface area (Å²) in [7, 11) is 0. The Morgan fingerprint density at radius 2 is 2.12 bits per heavy atom. The molecule has 1 saturated heterocycles. The molecule has 0 saturated carbocycles. The number of carbonyl (C=O) groups excluding carboxylic acids is 3. The van der Waals surface area contributed by atoms with Gasteiger partial charge < -0.3 is 0 Å². The number of carbonyl (C=O) groups is 3. The van der Waals surface area contributed by atoms with Gasteiger partial charge in [-0.15, -0.1) is 11.8 Å². The lowest BCUT2D eigenvalue weighted by Gasteiger charge is -2.14. The molecule has 5 heteroatoms. The Hall–Kier alpha value is -0.840. The molecule has 0 aromatic heterocycles. The van der Waals surface area contributed by atoms with E-state index in [-0.39, 0.29) is 42.2 Å². The number of amides is 2. The van der Waals surface area contributed by atoms with Gasteiger partial charge in [-0.3, -0.25) is 19.3 Å². The quantitative estimate of drug-likeness (QED) is 0.682. The van der Waals surface area contributed by atoms with Crippen molar-refractivity contribution in [2.24, 2.45) is 0 Å². The number of ketones is 1. The van der Waals surface area contributed by atoms with Crippen LogP contribution >= 0.6 is 11.8 Å². The Morgan fingerprint density at radius 1 is 1.50 bits per heavy atom. The first kappa shape index (κ1) is 13.2. The fourth-order valence-electron chi connectivity index (χ4n) is 1.59. The molecule has 0 N–H and O–H groups in total. The van der Waals surface area contributed by atoms with Crippen molar-refractivity contribution in [1.82, 2.24) is 4.90 Å². The zero-order valence-corrected chi connectivity index (χ0v) is 10.7. The Labute approximate surface area is 99.8 Å². The minimum absolute atomic E-state index is 0.000521. The van der Waals surface area contributed by atoms with Crippen LogP contribution in [0.3, 0.4) is 0 Å². The molecule has 1 rings (SSSR count). The van der Waals surface area contributed by atoms with Crippen LogP contribution in [0, 0.1) is 0 Å². The second kappa shape index (κ2) is 5.48. The van der Waals surface area contributed by atoms with E-state index in [0.29, 0.717) is 5.25 Å². The minimum Gasteiger partial charge on any atom is -0.300 e. The normalized spacial score (nSPS) is 21.0. The Bertz CT molecular complexity index is 314. The van der Waals surface area contributed by atoms with E-state index in [0.717, 1.165) is 0 Å². The van der Waals surface area contributed by atoms with Gasteiger partial charge in [0.15, 0.2) is 0 Å². The van der Waals surface area contributed by atoms with Gasteiger partial charge in [0.05, 0.1) is 5.25 Å². The fourth-order valence-corrected chi connectivity index (χ4v) is 2.73. The molecule has 2 amide bonds. The summed E-state index contributed by atoms with van der Waals surface area (Å²) in [5, 5.41) is 0.0777. The van der Waals surface area contributed by atoms with E-state index >= 15 is 0 Å². The first-order valence-corrected chi connectivity index (χ1v) is 6.35. The topological polar surface area (TPSA) is 54.5 Å². The molecule has 1 fully saturated rings. The first-order chi connectivity index (χ1) is 7.41. The van der Waals surface area contributed by atoms with Crippen molar-refractivity contribution < 1.29 is 14.4 Å². The summed E-state index contributed by atoms with van der Waals surface area (Å²) in [4.78, 5) is 35.4. The molecule has 1 unspecified atom stereocenters. The second-order valence-corrected chi connectivity index (χ2v) is 6.00. The SMILES string of the molecule is CC(=O)CCN1C(=O)CC(SC(C)C)C1=O.